The average molecular weight is 1780 g/mol. The van der Waals surface area contributed by atoms with E-state index in [1.165, 1.54) is 0 Å². The van der Waals surface area contributed by atoms with Gasteiger partial charge in [-0.2, -0.15) is 0 Å². The molecule has 0 spiro atoms. The molecule has 55 heteroatoms. The van der Waals surface area contributed by atoms with Gasteiger partial charge in [-0.1, -0.05) is 0 Å². The Morgan fingerprint density at radius 3 is 0.554 bits per heavy atom. The van der Waals surface area contributed by atoms with Crippen LogP contribution in [0.3, 0.4) is 0 Å². The van der Waals surface area contributed by atoms with Gasteiger partial charge in [-0.3, -0.25) is 0 Å². The van der Waals surface area contributed by atoms with Crippen LogP contribution in [-0.2, 0) is 104 Å². The number of aliphatic hydroxyl groups excluding tert-OH is 33. The number of hydrogen-bond donors (Lipinski definition) is 33. The van der Waals surface area contributed by atoms with Crippen LogP contribution in [0.1, 0.15) is 0 Å². The van der Waals surface area contributed by atoms with Crippen molar-refractivity contribution in [2.45, 2.75) is 338 Å². The van der Waals surface area contributed by atoms with Gasteiger partial charge in [0.2, 0.25) is 0 Å². The fourth-order valence-electron chi connectivity index (χ4n) is 16.3. The maximum absolute atomic E-state index is 12.1. The van der Waals surface area contributed by atoms with Gasteiger partial charge in [-0.25, -0.2) is 0 Å². The predicted octanol–water partition coefficient (Wildman–Crippen LogP) is -23.9. The molecule has 27 aliphatic heterocycles. The zero-order valence-corrected chi connectivity index (χ0v) is 63.3. The van der Waals surface area contributed by atoms with E-state index in [0.29, 0.717) is 0 Å². The molecule has 27 rings (SSSR count). The third-order valence-corrected chi connectivity index (χ3v) is 23.2. The second-order valence-corrected chi connectivity index (χ2v) is 30.9. The quantitative estimate of drug-likeness (QED) is 0.0507. The molecular weight excluding hydrogens is 1670 g/mol. The molecule has 0 saturated carbocycles. The van der Waals surface area contributed by atoms with Crippen LogP contribution in [0.15, 0.2) is 0 Å². The van der Waals surface area contributed by atoms with Crippen LogP contribution in [0.25, 0.3) is 0 Å². The van der Waals surface area contributed by atoms with Crippen molar-refractivity contribution in [1.82, 2.24) is 0 Å². The lowest BCUT2D eigenvalue weighted by atomic mass is 9.94. The molecule has 0 radical (unpaired) electrons. The van der Waals surface area contributed by atoms with E-state index < -0.39 is 410 Å². The topological polar surface area (TPSA) is 871 Å². The highest BCUT2D eigenvalue weighted by molar-refractivity contribution is 5.05. The van der Waals surface area contributed by atoms with E-state index in [1.54, 1.807) is 0 Å². The van der Waals surface area contributed by atoms with Crippen molar-refractivity contribution in [3.63, 3.8) is 0 Å². The van der Waals surface area contributed by atoms with Crippen molar-refractivity contribution in [2.24, 2.45) is 0 Å². The Kier molecular flexibility index (Phi) is 33.9. The third-order valence-electron chi connectivity index (χ3n) is 23.2. The molecule has 0 aliphatic carbocycles. The molecule has 121 heavy (non-hydrogen) atoms. The minimum absolute atomic E-state index is 0.883. The first-order chi connectivity index (χ1) is 57.6. The van der Waals surface area contributed by atoms with Crippen LogP contribution in [0.2, 0.25) is 0 Å². The first-order valence-electron chi connectivity index (χ1n) is 38.7. The summed E-state index contributed by atoms with van der Waals surface area (Å²) in [5.41, 5.74) is 0. The number of hydrogen-bond acceptors (Lipinski definition) is 55. The Bertz CT molecular complexity index is 3120. The van der Waals surface area contributed by atoms with E-state index >= 15 is 0 Å². The van der Waals surface area contributed by atoms with Crippen molar-refractivity contribution < 1.29 is 273 Å². The van der Waals surface area contributed by atoms with Crippen molar-refractivity contribution in [3.8, 4) is 0 Å². The van der Waals surface area contributed by atoms with Gasteiger partial charge < -0.3 is 273 Å². The van der Waals surface area contributed by atoms with E-state index in [4.69, 9.17) is 104 Å². The van der Waals surface area contributed by atoms with Gasteiger partial charge in [0.15, 0.2) is 69.2 Å². The van der Waals surface area contributed by atoms with Crippen LogP contribution < -0.4 is 0 Å². The summed E-state index contributed by atoms with van der Waals surface area (Å²) in [6.07, 6.45) is -116. The highest BCUT2D eigenvalue weighted by atomic mass is 16.8. The Morgan fingerprint density at radius 1 is 0.149 bits per heavy atom. The molecule has 12 bridgehead atoms. The maximum Gasteiger partial charge on any atom is 0.187 e. The highest BCUT2D eigenvalue weighted by Gasteiger charge is 2.63. The van der Waals surface area contributed by atoms with Crippen LogP contribution in [0.4, 0.5) is 0 Å². The SMILES string of the molecule is OCC1OC(OC2C(CO)OC(OC3C(CO)OC(OC4C(CO)OC(OC5C(CO)OC(OCC6OC7OC8C(CO)OC(OC9C(CO)OC(OC%10C(CO)OC(OC%11C(CO)OC(OC%12C(CO)OC(OC6C(O)C7O)C(O)C%12O)C(O)C%11O)C(O)C%10O)C(O)C9O)C(O)C8O)C(O)C5O)C(O)C4O)C(O)C3O)C(O)C2O)C(O)C(O)C1O. The normalized spacial score (nSPS) is 54.9. The third kappa shape index (κ3) is 19.8. The van der Waals surface area contributed by atoms with Gasteiger partial charge in [-0.15, -0.1) is 0 Å². The summed E-state index contributed by atoms with van der Waals surface area (Å²) in [6, 6.07) is 0. The molecule has 0 amide bonds. The number of aliphatic hydroxyl groups is 33. The number of rotatable bonds is 21. The van der Waals surface area contributed by atoms with Crippen molar-refractivity contribution in [1.29, 1.82) is 0 Å². The van der Waals surface area contributed by atoms with Crippen LogP contribution in [-0.4, -0.2) is 579 Å². The van der Waals surface area contributed by atoms with E-state index in [1.807, 2.05) is 0 Å². The minimum atomic E-state index is -2.46. The smallest absolute Gasteiger partial charge is 0.187 e. The van der Waals surface area contributed by atoms with Gasteiger partial charge in [0.25, 0.3) is 0 Å². The first-order valence-corrected chi connectivity index (χ1v) is 38.7. The van der Waals surface area contributed by atoms with E-state index in [-0.39, 0.29) is 0 Å². The molecule has 704 valence electrons. The molecule has 0 aromatic rings. The minimum Gasteiger partial charge on any atom is -0.394 e. The summed E-state index contributed by atoms with van der Waals surface area (Å²) in [5.74, 6) is 0. The lowest BCUT2D eigenvalue weighted by molar-refractivity contribution is -0.406. The van der Waals surface area contributed by atoms with Crippen LogP contribution in [0.5, 0.6) is 0 Å². The Hall–Kier alpha value is -2.20. The Balaban J connectivity index is 0.732. The number of ether oxygens (including phenoxy) is 22. The second kappa shape index (κ2) is 41.9. The zero-order valence-electron chi connectivity index (χ0n) is 63.3. The van der Waals surface area contributed by atoms with Crippen molar-refractivity contribution in [2.75, 3.05) is 72.7 Å². The molecule has 0 aromatic carbocycles. The molecule has 55 atom stereocenters. The first kappa shape index (κ1) is 97.8. The molecule has 33 N–H and O–H groups in total. The Morgan fingerprint density at radius 2 is 0.331 bits per heavy atom. The highest BCUT2D eigenvalue weighted by Crippen LogP contribution is 2.42. The summed E-state index contributed by atoms with van der Waals surface area (Å²) >= 11 is 0. The zero-order chi connectivity index (χ0) is 88.1. The average Bonchev–Trinajstić information content (AvgIpc) is 0.768. The maximum atomic E-state index is 12.1. The fraction of sp³-hybridized carbons (Fsp3) is 1.00. The largest absolute Gasteiger partial charge is 0.394 e. The molecule has 55 nitrogen and oxygen atoms in total. The standard InChI is InChI=1S/C66H110O55/c67-1-12-23(77)24(78)35(89)57(101-12)112-47-14(3-69)103-59(37(91)26(47)80)114-49-16(5-71)105-60(39(93)28(49)82)115-48-15(4-70)104-58(38(92)27(48)81)113-46-13(2-68)102-56(36(90)25(46)79)100-11-22-55-34(88)45(99)66(111-22)120-54-21(10-76)109-64(43(97)32(54)86)118-52-19(8-74)107-62(41(95)30(52)84)116-50-17(6-72)106-61(40(94)29(50)83)117-51-18(7-73)108-63(42(96)31(51)85)119-53-20(9-75)110-65(121-55)44(98)33(53)87/h12-99H,1-11H2. The monoisotopic (exact) mass is 1780 g/mol. The summed E-state index contributed by atoms with van der Waals surface area (Å²) in [4.78, 5) is 0. The van der Waals surface area contributed by atoms with Gasteiger partial charge in [0.05, 0.1) is 72.7 Å². The lowest BCUT2D eigenvalue weighted by Gasteiger charge is -2.51. The van der Waals surface area contributed by atoms with Gasteiger partial charge >= 0.3 is 0 Å². The van der Waals surface area contributed by atoms with E-state index in [2.05, 4.69) is 0 Å². The van der Waals surface area contributed by atoms with Gasteiger partial charge in [0, 0.05) is 0 Å². The molecular formula is C66H110O55. The van der Waals surface area contributed by atoms with E-state index in [9.17, 15) is 169 Å². The molecule has 27 fully saturated rings. The van der Waals surface area contributed by atoms with Crippen molar-refractivity contribution in [3.05, 3.63) is 0 Å². The van der Waals surface area contributed by atoms with Crippen LogP contribution in [0, 0.1) is 0 Å². The predicted molar refractivity (Wildman–Crippen MR) is 359 cm³/mol. The summed E-state index contributed by atoms with van der Waals surface area (Å²) in [5, 5.41) is 367. The Labute approximate surface area is 681 Å². The molecule has 0 aromatic heterocycles. The second-order valence-electron chi connectivity index (χ2n) is 30.9. The van der Waals surface area contributed by atoms with Gasteiger partial charge in [-0.05, 0) is 0 Å². The van der Waals surface area contributed by atoms with Crippen LogP contribution >= 0.6 is 0 Å². The summed E-state index contributed by atoms with van der Waals surface area (Å²) in [7, 11) is 0. The van der Waals surface area contributed by atoms with Gasteiger partial charge in [0.1, 0.15) is 269 Å². The molecule has 27 heterocycles. The molecule has 27 saturated heterocycles. The van der Waals surface area contributed by atoms with Crippen molar-refractivity contribution >= 4 is 0 Å². The summed E-state index contributed by atoms with van der Waals surface area (Å²) in [6.45, 7) is -12.3. The van der Waals surface area contributed by atoms with E-state index in [0.717, 1.165) is 0 Å². The lowest BCUT2D eigenvalue weighted by Crippen LogP contribution is -2.69. The molecule has 55 unspecified atom stereocenters. The molecule has 27 aliphatic rings. The summed E-state index contributed by atoms with van der Waals surface area (Å²) < 4.78 is 126. The fourth-order valence-corrected chi connectivity index (χ4v) is 16.3.